The fourth-order valence-electron chi connectivity index (χ4n) is 2.88. The Morgan fingerprint density at radius 1 is 1.35 bits per heavy atom. The molecule has 1 aromatic carbocycles. The van der Waals surface area contributed by atoms with E-state index in [1.165, 1.54) is 19.3 Å². The topological polar surface area (TPSA) is 20.3 Å². The lowest BCUT2D eigenvalue weighted by Crippen LogP contribution is -2.42. The first kappa shape index (κ1) is 15.8. The van der Waals surface area contributed by atoms with Crippen molar-refractivity contribution in [2.45, 2.75) is 45.1 Å². The zero-order valence-electron chi connectivity index (χ0n) is 11.9. The molecule has 1 aliphatic rings. The predicted molar refractivity (Wildman–Crippen MR) is 87.5 cm³/mol. The largest absolute Gasteiger partial charge is 0.334 e. The molecule has 0 N–H and O–H groups in total. The van der Waals surface area contributed by atoms with Gasteiger partial charge in [0, 0.05) is 22.9 Å². The third kappa shape index (κ3) is 3.76. The first-order chi connectivity index (χ1) is 9.63. The summed E-state index contributed by atoms with van der Waals surface area (Å²) in [7, 11) is 0. The van der Waals surface area contributed by atoms with Crippen molar-refractivity contribution in [3.8, 4) is 0 Å². The van der Waals surface area contributed by atoms with Gasteiger partial charge in [0.05, 0.1) is 5.56 Å². The van der Waals surface area contributed by atoms with Crippen LogP contribution in [0.2, 0.25) is 0 Å². The van der Waals surface area contributed by atoms with Crippen LogP contribution in [0.25, 0.3) is 0 Å². The predicted octanol–water partition coefficient (Wildman–Crippen LogP) is 4.77. The van der Waals surface area contributed by atoms with E-state index in [0.717, 1.165) is 28.4 Å². The first-order valence-corrected chi connectivity index (χ1v) is 8.59. The number of halogens is 2. The van der Waals surface area contributed by atoms with Crippen molar-refractivity contribution < 1.29 is 4.79 Å². The summed E-state index contributed by atoms with van der Waals surface area (Å²) >= 11 is 9.42. The minimum atomic E-state index is 0.101. The monoisotopic (exact) mass is 357 g/mol. The van der Waals surface area contributed by atoms with Gasteiger partial charge in [0.25, 0.3) is 5.91 Å². The van der Waals surface area contributed by atoms with E-state index < -0.39 is 0 Å². The third-order valence-corrected chi connectivity index (χ3v) is 4.78. The average molecular weight is 359 g/mol. The van der Waals surface area contributed by atoms with Crippen molar-refractivity contribution in [1.29, 1.82) is 0 Å². The second-order valence-electron chi connectivity index (χ2n) is 5.46. The van der Waals surface area contributed by atoms with E-state index in [-0.39, 0.29) is 5.91 Å². The lowest BCUT2D eigenvalue weighted by molar-refractivity contribution is 0.0649. The van der Waals surface area contributed by atoms with Gasteiger partial charge in [-0.15, -0.1) is 11.6 Å². The van der Waals surface area contributed by atoms with Crippen molar-refractivity contribution in [3.63, 3.8) is 0 Å². The number of carbonyl (C=O) groups is 1. The molecule has 0 heterocycles. The van der Waals surface area contributed by atoms with Crippen molar-refractivity contribution in [3.05, 3.63) is 33.8 Å². The molecule has 0 aromatic heterocycles. The Morgan fingerprint density at radius 2 is 2.05 bits per heavy atom. The lowest BCUT2D eigenvalue weighted by atomic mass is 9.93. The normalized spacial score (nSPS) is 16.1. The highest BCUT2D eigenvalue weighted by molar-refractivity contribution is 9.10. The molecule has 1 aliphatic carbocycles. The van der Waals surface area contributed by atoms with Gasteiger partial charge in [-0.1, -0.05) is 25.3 Å². The maximum absolute atomic E-state index is 12.8. The zero-order chi connectivity index (χ0) is 14.5. The number of aryl methyl sites for hydroxylation is 1. The number of hydrogen-bond acceptors (Lipinski definition) is 1. The Bertz CT molecular complexity index is 472. The summed E-state index contributed by atoms with van der Waals surface area (Å²) in [5.41, 5.74) is 1.89. The van der Waals surface area contributed by atoms with Gasteiger partial charge in [0.1, 0.15) is 0 Å². The number of benzene rings is 1. The summed E-state index contributed by atoms with van der Waals surface area (Å²) < 4.78 is 0.873. The number of alkyl halides is 1. The fraction of sp³-hybridized carbons (Fsp3) is 0.562. The van der Waals surface area contributed by atoms with Crippen LogP contribution in [0.3, 0.4) is 0 Å². The van der Waals surface area contributed by atoms with Crippen LogP contribution in [0, 0.1) is 6.92 Å². The molecule has 20 heavy (non-hydrogen) atoms. The highest BCUT2D eigenvalue weighted by Crippen LogP contribution is 2.26. The van der Waals surface area contributed by atoms with Gasteiger partial charge < -0.3 is 4.90 Å². The molecule has 2 rings (SSSR count). The summed E-state index contributed by atoms with van der Waals surface area (Å²) in [6.45, 7) is 2.65. The fourth-order valence-corrected chi connectivity index (χ4v) is 3.73. The Hall–Kier alpha value is -0.540. The molecule has 1 aromatic rings. The van der Waals surface area contributed by atoms with Crippen LogP contribution in [0.4, 0.5) is 0 Å². The van der Waals surface area contributed by atoms with E-state index in [1.54, 1.807) is 0 Å². The summed E-state index contributed by atoms with van der Waals surface area (Å²) in [4.78, 5) is 14.8. The van der Waals surface area contributed by atoms with E-state index in [0.29, 0.717) is 18.5 Å². The van der Waals surface area contributed by atoms with Crippen molar-refractivity contribution in [1.82, 2.24) is 4.90 Å². The van der Waals surface area contributed by atoms with E-state index in [9.17, 15) is 4.79 Å². The maximum Gasteiger partial charge on any atom is 0.255 e. The average Bonchev–Trinajstić information content (AvgIpc) is 2.45. The van der Waals surface area contributed by atoms with Crippen LogP contribution < -0.4 is 0 Å². The molecule has 0 radical (unpaired) electrons. The number of nitrogens with zero attached hydrogens (tertiary/aromatic N) is 1. The van der Waals surface area contributed by atoms with E-state index in [2.05, 4.69) is 15.9 Å². The molecule has 1 saturated carbocycles. The van der Waals surface area contributed by atoms with Gasteiger partial charge in [-0.2, -0.15) is 0 Å². The molecule has 4 heteroatoms. The molecule has 1 fully saturated rings. The molecule has 0 spiro atoms. The van der Waals surface area contributed by atoms with Crippen LogP contribution in [0.5, 0.6) is 0 Å². The van der Waals surface area contributed by atoms with Gasteiger partial charge >= 0.3 is 0 Å². The number of hydrogen-bond donors (Lipinski definition) is 0. The Labute approximate surface area is 134 Å². The number of rotatable bonds is 4. The van der Waals surface area contributed by atoms with E-state index in [4.69, 9.17) is 11.6 Å². The molecule has 1 amide bonds. The molecule has 0 aliphatic heterocycles. The molecule has 0 saturated heterocycles. The molecule has 0 bridgehead atoms. The van der Waals surface area contributed by atoms with Crippen molar-refractivity contribution in [2.75, 3.05) is 12.4 Å². The van der Waals surface area contributed by atoms with Crippen LogP contribution >= 0.6 is 27.5 Å². The smallest absolute Gasteiger partial charge is 0.255 e. The summed E-state index contributed by atoms with van der Waals surface area (Å²) in [6, 6.07) is 6.24. The lowest BCUT2D eigenvalue weighted by Gasteiger charge is -2.34. The molecule has 0 atom stereocenters. The Morgan fingerprint density at radius 3 is 2.65 bits per heavy atom. The Kier molecular flexibility index (Phi) is 5.91. The van der Waals surface area contributed by atoms with E-state index >= 15 is 0 Å². The third-order valence-electron chi connectivity index (χ3n) is 3.96. The van der Waals surface area contributed by atoms with Gasteiger partial charge in [0.2, 0.25) is 0 Å². The SMILES string of the molecule is Cc1ccc(C(=O)N(CCCl)C2CCCCC2)c(Br)c1. The molecular weight excluding hydrogens is 338 g/mol. The quantitative estimate of drug-likeness (QED) is 0.710. The van der Waals surface area contributed by atoms with Crippen LogP contribution in [-0.4, -0.2) is 29.3 Å². The maximum atomic E-state index is 12.8. The van der Waals surface area contributed by atoms with E-state index in [1.807, 2.05) is 30.0 Å². The van der Waals surface area contributed by atoms with Crippen LogP contribution in [0.15, 0.2) is 22.7 Å². The van der Waals surface area contributed by atoms with Crippen LogP contribution in [-0.2, 0) is 0 Å². The Balaban J connectivity index is 2.21. The van der Waals surface area contributed by atoms with Crippen molar-refractivity contribution in [2.24, 2.45) is 0 Å². The highest BCUT2D eigenvalue weighted by atomic mass is 79.9. The molecular formula is C16H21BrClNO. The second kappa shape index (κ2) is 7.46. The molecule has 2 nitrogen and oxygen atoms in total. The molecule has 0 unspecified atom stereocenters. The van der Waals surface area contributed by atoms with Gasteiger partial charge in [0.15, 0.2) is 0 Å². The van der Waals surface area contributed by atoms with Gasteiger partial charge in [-0.3, -0.25) is 4.79 Å². The summed E-state index contributed by atoms with van der Waals surface area (Å²) in [5.74, 6) is 0.593. The van der Waals surface area contributed by atoms with Crippen molar-refractivity contribution >= 4 is 33.4 Å². The summed E-state index contributed by atoms with van der Waals surface area (Å²) in [5, 5.41) is 0. The second-order valence-corrected chi connectivity index (χ2v) is 6.69. The minimum absolute atomic E-state index is 0.101. The number of amides is 1. The first-order valence-electron chi connectivity index (χ1n) is 7.26. The zero-order valence-corrected chi connectivity index (χ0v) is 14.2. The number of carbonyl (C=O) groups excluding carboxylic acids is 1. The minimum Gasteiger partial charge on any atom is -0.334 e. The van der Waals surface area contributed by atoms with Gasteiger partial charge in [-0.05, 0) is 53.4 Å². The van der Waals surface area contributed by atoms with Gasteiger partial charge in [-0.25, -0.2) is 0 Å². The summed E-state index contributed by atoms with van der Waals surface area (Å²) in [6.07, 6.45) is 5.92. The highest BCUT2D eigenvalue weighted by Gasteiger charge is 2.26. The van der Waals surface area contributed by atoms with Crippen LogP contribution in [0.1, 0.15) is 48.0 Å². The molecule has 110 valence electrons. The standard InChI is InChI=1S/C16H21BrClNO/c1-12-7-8-14(15(17)11-12)16(20)19(10-9-18)13-5-3-2-4-6-13/h7-8,11,13H,2-6,9-10H2,1H3.